The molecular formula is C16H27IN4O3S. The van der Waals surface area contributed by atoms with Crippen LogP contribution in [0.1, 0.15) is 26.7 Å². The molecule has 0 radical (unpaired) electrons. The molecule has 0 unspecified atom stereocenters. The van der Waals surface area contributed by atoms with Crippen LogP contribution in [-0.4, -0.2) is 50.2 Å². The molecule has 0 amide bonds. The Labute approximate surface area is 167 Å². The number of sulfonamides is 1. The van der Waals surface area contributed by atoms with Crippen LogP contribution in [-0.2, 0) is 10.0 Å². The second kappa shape index (κ2) is 9.58. The number of rotatable bonds is 6. The molecule has 7 nitrogen and oxygen atoms in total. The quantitative estimate of drug-likeness (QED) is 0.368. The van der Waals surface area contributed by atoms with Crippen molar-refractivity contribution in [2.45, 2.75) is 38.8 Å². The van der Waals surface area contributed by atoms with Crippen LogP contribution in [0.4, 0.5) is 5.69 Å². The van der Waals surface area contributed by atoms with Gasteiger partial charge in [0.2, 0.25) is 10.0 Å². The zero-order chi connectivity index (χ0) is 17.7. The molecular weight excluding hydrogens is 455 g/mol. The van der Waals surface area contributed by atoms with Gasteiger partial charge in [0.25, 0.3) is 0 Å². The lowest BCUT2D eigenvalue weighted by Gasteiger charge is -2.20. The Morgan fingerprint density at radius 1 is 1.40 bits per heavy atom. The number of guanidine groups is 1. The molecule has 1 aromatic carbocycles. The van der Waals surface area contributed by atoms with Gasteiger partial charge in [-0.05, 0) is 51.0 Å². The summed E-state index contributed by atoms with van der Waals surface area (Å²) >= 11 is 0. The first-order chi connectivity index (χ1) is 11.3. The summed E-state index contributed by atoms with van der Waals surface area (Å²) in [5, 5.41) is 3.00. The van der Waals surface area contributed by atoms with Crippen molar-refractivity contribution >= 4 is 45.6 Å². The van der Waals surface area contributed by atoms with Gasteiger partial charge in [-0.1, -0.05) is 0 Å². The predicted molar refractivity (Wildman–Crippen MR) is 112 cm³/mol. The van der Waals surface area contributed by atoms with Crippen molar-refractivity contribution in [3.63, 3.8) is 0 Å². The number of anilines is 1. The van der Waals surface area contributed by atoms with Gasteiger partial charge in [0, 0.05) is 18.3 Å². The first-order valence-electron chi connectivity index (χ1n) is 8.06. The highest BCUT2D eigenvalue weighted by atomic mass is 127. The highest BCUT2D eigenvalue weighted by Crippen LogP contribution is 2.20. The zero-order valence-electron chi connectivity index (χ0n) is 14.8. The highest BCUT2D eigenvalue weighted by molar-refractivity contribution is 14.0. The monoisotopic (exact) mass is 482 g/mol. The standard InChI is InChI=1S/C16H26N4O3S.HI/c1-12(2)23-15-8-6-13(7-9-15)19-16(17)18-11-14-5-4-10-20(14)24(3,21)22;/h6-9,12,14H,4-5,10-11H2,1-3H3,(H3,17,18,19);1H/t14-;/m1./s1. The smallest absolute Gasteiger partial charge is 0.211 e. The van der Waals surface area contributed by atoms with Gasteiger partial charge in [-0.15, -0.1) is 24.0 Å². The summed E-state index contributed by atoms with van der Waals surface area (Å²) in [5.41, 5.74) is 6.70. The summed E-state index contributed by atoms with van der Waals surface area (Å²) in [5.74, 6) is 1.06. The van der Waals surface area contributed by atoms with Crippen molar-refractivity contribution in [1.29, 1.82) is 0 Å². The molecule has 142 valence electrons. The lowest BCUT2D eigenvalue weighted by atomic mass is 10.2. The molecule has 1 atom stereocenters. The fourth-order valence-corrected chi connectivity index (χ4v) is 3.88. The van der Waals surface area contributed by atoms with Crippen molar-refractivity contribution in [1.82, 2.24) is 4.31 Å². The topological polar surface area (TPSA) is 97.0 Å². The van der Waals surface area contributed by atoms with E-state index in [4.69, 9.17) is 10.5 Å². The molecule has 1 fully saturated rings. The minimum absolute atomic E-state index is 0. The van der Waals surface area contributed by atoms with Crippen LogP contribution in [0.5, 0.6) is 5.75 Å². The van der Waals surface area contributed by atoms with Gasteiger partial charge >= 0.3 is 0 Å². The van der Waals surface area contributed by atoms with Gasteiger partial charge in [-0.25, -0.2) is 8.42 Å². The summed E-state index contributed by atoms with van der Waals surface area (Å²) in [4.78, 5) is 4.28. The van der Waals surface area contributed by atoms with E-state index in [0.29, 0.717) is 13.1 Å². The van der Waals surface area contributed by atoms with Crippen LogP contribution in [0.15, 0.2) is 29.3 Å². The fourth-order valence-electron chi connectivity index (χ4n) is 2.71. The number of benzene rings is 1. The normalized spacial score (nSPS) is 18.9. The average molecular weight is 482 g/mol. The van der Waals surface area contributed by atoms with E-state index in [1.165, 1.54) is 10.6 Å². The van der Waals surface area contributed by atoms with Gasteiger partial charge < -0.3 is 15.8 Å². The van der Waals surface area contributed by atoms with Crippen LogP contribution < -0.4 is 15.8 Å². The van der Waals surface area contributed by atoms with Crippen LogP contribution in [0, 0.1) is 0 Å². The molecule has 1 aliphatic heterocycles. The lowest BCUT2D eigenvalue weighted by molar-refractivity contribution is 0.242. The summed E-state index contributed by atoms with van der Waals surface area (Å²) in [6.07, 6.45) is 3.03. The lowest BCUT2D eigenvalue weighted by Crippen LogP contribution is -2.37. The van der Waals surface area contributed by atoms with Crippen molar-refractivity contribution in [3.8, 4) is 5.75 Å². The van der Waals surface area contributed by atoms with E-state index in [-0.39, 0.29) is 42.1 Å². The van der Waals surface area contributed by atoms with E-state index >= 15 is 0 Å². The minimum atomic E-state index is -3.18. The number of ether oxygens (including phenoxy) is 1. The number of hydrogen-bond donors (Lipinski definition) is 2. The van der Waals surface area contributed by atoms with Crippen LogP contribution in [0.25, 0.3) is 0 Å². The van der Waals surface area contributed by atoms with Gasteiger partial charge in [-0.3, -0.25) is 4.99 Å². The van der Waals surface area contributed by atoms with Gasteiger partial charge in [-0.2, -0.15) is 4.31 Å². The van der Waals surface area contributed by atoms with Gasteiger partial charge in [0.1, 0.15) is 5.75 Å². The number of halogens is 1. The van der Waals surface area contributed by atoms with Crippen LogP contribution in [0.2, 0.25) is 0 Å². The van der Waals surface area contributed by atoms with Crippen molar-refractivity contribution in [2.24, 2.45) is 10.7 Å². The molecule has 0 spiro atoms. The third kappa shape index (κ3) is 6.98. The van der Waals surface area contributed by atoms with E-state index in [9.17, 15) is 8.42 Å². The molecule has 0 saturated carbocycles. The zero-order valence-corrected chi connectivity index (χ0v) is 18.0. The average Bonchev–Trinajstić information content (AvgIpc) is 2.95. The summed E-state index contributed by atoms with van der Waals surface area (Å²) < 4.78 is 30.5. The number of nitrogens with two attached hydrogens (primary N) is 1. The SMILES string of the molecule is CC(C)Oc1ccc(NC(N)=NC[C@H]2CCCN2S(C)(=O)=O)cc1.I. The maximum Gasteiger partial charge on any atom is 0.211 e. The molecule has 2 rings (SSSR count). The van der Waals surface area contributed by atoms with Gasteiger partial charge in [0.05, 0.1) is 18.9 Å². The largest absolute Gasteiger partial charge is 0.491 e. The molecule has 25 heavy (non-hydrogen) atoms. The molecule has 3 N–H and O–H groups in total. The van der Waals surface area contributed by atoms with Crippen molar-refractivity contribution < 1.29 is 13.2 Å². The molecule has 1 saturated heterocycles. The molecule has 0 aliphatic carbocycles. The minimum Gasteiger partial charge on any atom is -0.491 e. The summed E-state index contributed by atoms with van der Waals surface area (Å²) in [7, 11) is -3.18. The summed E-state index contributed by atoms with van der Waals surface area (Å²) in [6.45, 7) is 4.86. The van der Waals surface area contributed by atoms with Crippen LogP contribution >= 0.6 is 24.0 Å². The summed E-state index contributed by atoms with van der Waals surface area (Å²) in [6, 6.07) is 7.33. The number of nitrogens with zero attached hydrogens (tertiary/aromatic N) is 2. The Balaban J connectivity index is 0.00000312. The number of aliphatic imine (C=N–C) groups is 1. The van der Waals surface area contributed by atoms with E-state index in [0.717, 1.165) is 24.3 Å². The third-order valence-corrected chi connectivity index (χ3v) is 5.05. The fraction of sp³-hybridized carbons (Fsp3) is 0.562. The van der Waals surface area contributed by atoms with E-state index in [1.54, 1.807) is 0 Å². The van der Waals surface area contributed by atoms with Crippen molar-refractivity contribution in [3.05, 3.63) is 24.3 Å². The molecule has 0 bridgehead atoms. The van der Waals surface area contributed by atoms with E-state index in [1.807, 2.05) is 38.1 Å². The third-order valence-electron chi connectivity index (χ3n) is 3.72. The van der Waals surface area contributed by atoms with Gasteiger partial charge in [0.15, 0.2) is 5.96 Å². The van der Waals surface area contributed by atoms with E-state index in [2.05, 4.69) is 10.3 Å². The Bertz CT molecular complexity index is 677. The molecule has 9 heteroatoms. The molecule has 1 heterocycles. The molecule has 1 aliphatic rings. The number of nitrogens with one attached hydrogen (secondary N) is 1. The Morgan fingerprint density at radius 3 is 2.60 bits per heavy atom. The second-order valence-corrected chi connectivity index (χ2v) is 8.15. The maximum atomic E-state index is 11.7. The Kier molecular flexibility index (Phi) is 8.42. The highest BCUT2D eigenvalue weighted by Gasteiger charge is 2.30. The van der Waals surface area contributed by atoms with Crippen LogP contribution in [0.3, 0.4) is 0 Å². The number of hydrogen-bond acceptors (Lipinski definition) is 4. The molecule has 0 aromatic heterocycles. The van der Waals surface area contributed by atoms with E-state index < -0.39 is 10.0 Å². The predicted octanol–water partition coefficient (Wildman–Crippen LogP) is 2.24. The Hall–Kier alpha value is -1.07. The first kappa shape index (κ1) is 22.0. The van der Waals surface area contributed by atoms with Crippen molar-refractivity contribution in [2.75, 3.05) is 24.7 Å². The maximum absolute atomic E-state index is 11.7. The first-order valence-corrected chi connectivity index (χ1v) is 9.91. The molecule has 1 aromatic rings. The Morgan fingerprint density at radius 2 is 2.04 bits per heavy atom. The second-order valence-electron chi connectivity index (χ2n) is 6.21.